The van der Waals surface area contributed by atoms with Gasteiger partial charge in [-0.1, -0.05) is 0 Å². The maximum atomic E-state index is 12.0. The molecule has 0 saturated heterocycles. The molecule has 0 spiro atoms. The first kappa shape index (κ1) is 15.6. The Bertz CT molecular complexity index is 923. The zero-order valence-electron chi connectivity index (χ0n) is 12.5. The number of nitrogens with zero attached hydrogens (tertiary/aromatic N) is 1. The molecule has 0 saturated carbocycles. The Morgan fingerprint density at radius 2 is 2.26 bits per heavy atom. The van der Waals surface area contributed by atoms with E-state index in [9.17, 15) is 9.59 Å². The largest absolute Gasteiger partial charge is 0.406 e. The van der Waals surface area contributed by atoms with Crippen molar-refractivity contribution >= 4 is 44.9 Å². The van der Waals surface area contributed by atoms with Crippen molar-refractivity contribution in [2.75, 3.05) is 0 Å². The fourth-order valence-corrected chi connectivity index (χ4v) is 3.62. The van der Waals surface area contributed by atoms with Gasteiger partial charge in [-0.05, 0) is 53.3 Å². The second-order valence-corrected chi connectivity index (χ2v) is 6.70. The van der Waals surface area contributed by atoms with Crippen molar-refractivity contribution < 1.29 is 9.21 Å². The van der Waals surface area contributed by atoms with E-state index < -0.39 is 11.7 Å². The fourth-order valence-electron chi connectivity index (χ4n) is 2.08. The summed E-state index contributed by atoms with van der Waals surface area (Å²) in [6.07, 6.45) is 3.18. The quantitative estimate of drug-likeness (QED) is 0.734. The molecule has 0 unspecified atom stereocenters. The molecule has 5 nitrogen and oxygen atoms in total. The topological polar surface area (TPSA) is 72.2 Å². The van der Waals surface area contributed by atoms with E-state index in [0.717, 1.165) is 11.1 Å². The van der Waals surface area contributed by atoms with Crippen LogP contribution in [0, 0.1) is 6.92 Å². The van der Waals surface area contributed by atoms with E-state index in [0.29, 0.717) is 10.2 Å². The molecular weight excluding hydrogens is 332 g/mol. The van der Waals surface area contributed by atoms with Crippen molar-refractivity contribution in [3.8, 4) is 0 Å². The highest BCUT2D eigenvalue weighted by molar-refractivity contribution is 7.16. The lowest BCUT2D eigenvalue weighted by molar-refractivity contribution is -0.117. The molecule has 3 rings (SSSR count). The number of hydrogen-bond acceptors (Lipinski definition) is 6. The second kappa shape index (κ2) is 6.47. The fraction of sp³-hybridized carbons (Fsp3) is 0.188. The Hall–Kier alpha value is -2.25. The van der Waals surface area contributed by atoms with Crippen LogP contribution in [0.25, 0.3) is 16.3 Å². The molecular formula is C16H14N2O3S2. The molecule has 0 fully saturated rings. The molecule has 3 aromatic heterocycles. The number of hydrogen-bond donors (Lipinski definition) is 1. The van der Waals surface area contributed by atoms with Crippen LogP contribution in [0.2, 0.25) is 0 Å². The highest BCUT2D eigenvalue weighted by Gasteiger charge is 2.16. The van der Waals surface area contributed by atoms with Crippen LogP contribution in [0.1, 0.15) is 30.0 Å². The van der Waals surface area contributed by atoms with Gasteiger partial charge in [0.2, 0.25) is 11.8 Å². The van der Waals surface area contributed by atoms with Gasteiger partial charge in [-0.15, -0.1) is 11.3 Å². The lowest BCUT2D eigenvalue weighted by Crippen LogP contribution is -2.26. The lowest BCUT2D eigenvalue weighted by atomic mass is 10.2. The van der Waals surface area contributed by atoms with Gasteiger partial charge in [-0.3, -0.25) is 4.79 Å². The summed E-state index contributed by atoms with van der Waals surface area (Å²) in [6, 6.07) is 1.43. The van der Waals surface area contributed by atoms with Gasteiger partial charge < -0.3 is 9.73 Å². The van der Waals surface area contributed by atoms with Crippen molar-refractivity contribution in [3.63, 3.8) is 0 Å². The lowest BCUT2D eigenvalue weighted by Gasteiger charge is -2.10. The van der Waals surface area contributed by atoms with E-state index in [1.165, 1.54) is 17.4 Å². The number of rotatable bonds is 4. The Morgan fingerprint density at radius 1 is 1.43 bits per heavy atom. The first-order valence-electron chi connectivity index (χ1n) is 6.94. The van der Waals surface area contributed by atoms with Gasteiger partial charge >= 0.3 is 5.63 Å². The molecule has 0 aromatic carbocycles. The predicted octanol–water partition coefficient (Wildman–Crippen LogP) is 3.51. The molecule has 1 atom stereocenters. The third-order valence-electron chi connectivity index (χ3n) is 3.27. The molecule has 118 valence electrons. The van der Waals surface area contributed by atoms with Crippen LogP contribution in [0.3, 0.4) is 0 Å². The number of aryl methyl sites for hydroxylation is 1. The molecule has 1 amide bonds. The molecule has 1 N–H and O–H groups in total. The van der Waals surface area contributed by atoms with E-state index in [1.807, 2.05) is 29.1 Å². The van der Waals surface area contributed by atoms with Gasteiger partial charge in [0.15, 0.2) is 0 Å². The summed E-state index contributed by atoms with van der Waals surface area (Å²) in [7, 11) is 0. The van der Waals surface area contributed by atoms with Crippen molar-refractivity contribution in [1.29, 1.82) is 0 Å². The van der Waals surface area contributed by atoms with Crippen LogP contribution in [-0.2, 0) is 4.79 Å². The smallest absolute Gasteiger partial charge is 0.348 e. The molecule has 3 heterocycles. The predicted molar refractivity (Wildman–Crippen MR) is 92.8 cm³/mol. The van der Waals surface area contributed by atoms with Crippen molar-refractivity contribution in [3.05, 3.63) is 55.7 Å². The average Bonchev–Trinajstić information content (AvgIpc) is 3.15. The molecule has 23 heavy (non-hydrogen) atoms. The Kier molecular flexibility index (Phi) is 4.40. The van der Waals surface area contributed by atoms with Gasteiger partial charge in [-0.25, -0.2) is 9.78 Å². The number of carbonyl (C=O) groups is 1. The van der Waals surface area contributed by atoms with Crippen LogP contribution in [0.5, 0.6) is 0 Å². The van der Waals surface area contributed by atoms with Crippen LogP contribution >= 0.6 is 22.7 Å². The minimum atomic E-state index is -0.492. The zero-order chi connectivity index (χ0) is 16.4. The van der Waals surface area contributed by atoms with Crippen LogP contribution in [0.4, 0.5) is 0 Å². The third-order valence-corrected chi connectivity index (χ3v) is 4.96. The highest BCUT2D eigenvalue weighted by atomic mass is 32.1. The van der Waals surface area contributed by atoms with Crippen LogP contribution in [0.15, 0.2) is 37.5 Å². The summed E-state index contributed by atoms with van der Waals surface area (Å²) >= 11 is 2.96. The van der Waals surface area contributed by atoms with E-state index in [-0.39, 0.29) is 11.8 Å². The SMILES string of the molecule is Cc1csc2nc([C@H](C)NC(=O)/C=C/c3ccsc3)oc(=O)c12. The summed E-state index contributed by atoms with van der Waals surface area (Å²) in [4.78, 5) is 28.9. The van der Waals surface area contributed by atoms with Gasteiger partial charge in [0.05, 0.1) is 5.39 Å². The number of fused-ring (bicyclic) bond motifs is 1. The normalized spacial score (nSPS) is 12.8. The summed E-state index contributed by atoms with van der Waals surface area (Å²) < 4.78 is 5.25. The number of aromatic nitrogens is 1. The molecule has 0 bridgehead atoms. The standard InChI is InChI=1S/C16H14N2O3S2/c1-9-7-23-15-13(9)16(20)21-14(18-15)10(2)17-12(19)4-3-11-5-6-22-8-11/h3-8,10H,1-2H3,(H,17,19)/b4-3+/t10-/m0/s1. The summed E-state index contributed by atoms with van der Waals surface area (Å²) in [5, 5.41) is 9.01. The molecule has 0 aliphatic carbocycles. The maximum absolute atomic E-state index is 12.0. The van der Waals surface area contributed by atoms with Gasteiger partial charge in [-0.2, -0.15) is 11.3 Å². The summed E-state index contributed by atoms with van der Waals surface area (Å²) in [5.41, 5.74) is 1.41. The zero-order valence-corrected chi connectivity index (χ0v) is 14.2. The Balaban J connectivity index is 1.76. The minimum absolute atomic E-state index is 0.210. The van der Waals surface area contributed by atoms with Gasteiger partial charge in [0, 0.05) is 6.08 Å². The molecule has 7 heteroatoms. The highest BCUT2D eigenvalue weighted by Crippen LogP contribution is 2.22. The number of thiophene rings is 2. The first-order valence-corrected chi connectivity index (χ1v) is 8.76. The van der Waals surface area contributed by atoms with Gasteiger partial charge in [0.25, 0.3) is 0 Å². The minimum Gasteiger partial charge on any atom is -0.406 e. The second-order valence-electron chi connectivity index (χ2n) is 5.06. The first-order chi connectivity index (χ1) is 11.0. The van der Waals surface area contributed by atoms with E-state index in [2.05, 4.69) is 10.3 Å². The average molecular weight is 346 g/mol. The van der Waals surface area contributed by atoms with Crippen LogP contribution < -0.4 is 10.9 Å². The molecule has 3 aromatic rings. The number of amides is 1. The monoisotopic (exact) mass is 346 g/mol. The molecule has 0 aliphatic heterocycles. The van der Waals surface area contributed by atoms with E-state index in [4.69, 9.17) is 4.42 Å². The Morgan fingerprint density at radius 3 is 3.00 bits per heavy atom. The van der Waals surface area contributed by atoms with Crippen molar-refractivity contribution in [2.24, 2.45) is 0 Å². The maximum Gasteiger partial charge on any atom is 0.348 e. The Labute approximate surface area is 140 Å². The molecule has 0 radical (unpaired) electrons. The van der Waals surface area contributed by atoms with Gasteiger partial charge in [0.1, 0.15) is 10.9 Å². The number of carbonyl (C=O) groups excluding carboxylic acids is 1. The summed E-state index contributed by atoms with van der Waals surface area (Å²) in [5.74, 6) is -0.0581. The van der Waals surface area contributed by atoms with Crippen molar-refractivity contribution in [1.82, 2.24) is 10.3 Å². The van der Waals surface area contributed by atoms with Crippen LogP contribution in [-0.4, -0.2) is 10.9 Å². The molecule has 0 aliphatic rings. The third kappa shape index (κ3) is 3.40. The van der Waals surface area contributed by atoms with Crippen molar-refractivity contribution in [2.45, 2.75) is 19.9 Å². The number of nitrogens with one attached hydrogen (secondary N) is 1. The summed E-state index contributed by atoms with van der Waals surface area (Å²) in [6.45, 7) is 3.57. The van der Waals surface area contributed by atoms with E-state index in [1.54, 1.807) is 24.3 Å². The van der Waals surface area contributed by atoms with E-state index >= 15 is 0 Å².